The van der Waals surface area contributed by atoms with Crippen LogP contribution in [0.2, 0.25) is 0 Å². The second kappa shape index (κ2) is 7.63. The predicted octanol–water partition coefficient (Wildman–Crippen LogP) is 0.372. The van der Waals surface area contributed by atoms with Crippen LogP contribution in [0.25, 0.3) is 0 Å². The lowest BCUT2D eigenvalue weighted by Gasteiger charge is -2.11. The zero-order chi connectivity index (χ0) is 10.1. The molecule has 0 saturated carbocycles. The summed E-state index contributed by atoms with van der Waals surface area (Å²) in [7, 11) is 1.90. The van der Waals surface area contributed by atoms with Gasteiger partial charge < -0.3 is 10.6 Å². The van der Waals surface area contributed by atoms with Gasteiger partial charge in [-0.15, -0.1) is 12.3 Å². The van der Waals surface area contributed by atoms with E-state index in [1.165, 1.54) is 0 Å². The molecule has 2 N–H and O–H groups in total. The largest absolute Gasteiger partial charge is 0.356 e. The number of hydrogen-bond acceptors (Lipinski definition) is 2. The Balaban J connectivity index is 3.41. The van der Waals surface area contributed by atoms with Crippen molar-refractivity contribution in [2.45, 2.75) is 19.8 Å². The molecule has 0 aromatic heterocycles. The highest BCUT2D eigenvalue weighted by molar-refractivity contribution is 5.76. The van der Waals surface area contributed by atoms with Crippen molar-refractivity contribution >= 4 is 5.91 Å². The Labute approximate surface area is 80.3 Å². The smallest absolute Gasteiger partial charge is 0.220 e. The van der Waals surface area contributed by atoms with Gasteiger partial charge in [-0.2, -0.15) is 0 Å². The standard InChI is InChI=1S/C10H18N2O/c1-4-5-6-10(13)12-8-9(2)7-11-3/h1,9,11H,5-8H2,2-3H3,(H,12,13). The van der Waals surface area contributed by atoms with E-state index in [4.69, 9.17) is 6.42 Å². The highest BCUT2D eigenvalue weighted by Gasteiger charge is 2.03. The summed E-state index contributed by atoms with van der Waals surface area (Å²) < 4.78 is 0. The molecule has 1 atom stereocenters. The van der Waals surface area contributed by atoms with Crippen LogP contribution < -0.4 is 10.6 Å². The molecule has 3 nitrogen and oxygen atoms in total. The summed E-state index contributed by atoms with van der Waals surface area (Å²) in [5.41, 5.74) is 0. The average Bonchev–Trinajstić information content (AvgIpc) is 2.12. The molecular formula is C10H18N2O. The number of hydrogen-bond donors (Lipinski definition) is 2. The summed E-state index contributed by atoms with van der Waals surface area (Å²) in [6, 6.07) is 0. The molecule has 0 aliphatic carbocycles. The molecule has 0 heterocycles. The van der Waals surface area contributed by atoms with Crippen molar-refractivity contribution in [1.29, 1.82) is 0 Å². The minimum absolute atomic E-state index is 0.0425. The average molecular weight is 182 g/mol. The van der Waals surface area contributed by atoms with Gasteiger partial charge in [0.2, 0.25) is 5.91 Å². The van der Waals surface area contributed by atoms with Crippen LogP contribution in [0.15, 0.2) is 0 Å². The lowest BCUT2D eigenvalue weighted by atomic mass is 10.2. The van der Waals surface area contributed by atoms with Gasteiger partial charge in [0.15, 0.2) is 0 Å². The first-order valence-corrected chi connectivity index (χ1v) is 4.55. The van der Waals surface area contributed by atoms with E-state index < -0.39 is 0 Å². The molecule has 74 valence electrons. The molecule has 0 aliphatic heterocycles. The summed E-state index contributed by atoms with van der Waals surface area (Å²) in [5, 5.41) is 5.88. The van der Waals surface area contributed by atoms with E-state index in [9.17, 15) is 4.79 Å². The molecule has 0 aromatic carbocycles. The van der Waals surface area contributed by atoms with Gasteiger partial charge in [-0.05, 0) is 19.5 Å². The van der Waals surface area contributed by atoms with E-state index in [-0.39, 0.29) is 5.91 Å². The zero-order valence-electron chi connectivity index (χ0n) is 8.39. The van der Waals surface area contributed by atoms with E-state index in [2.05, 4.69) is 23.5 Å². The first kappa shape index (κ1) is 12.0. The molecule has 0 spiro atoms. The molecule has 13 heavy (non-hydrogen) atoms. The van der Waals surface area contributed by atoms with E-state index in [0.717, 1.165) is 6.54 Å². The highest BCUT2D eigenvalue weighted by atomic mass is 16.1. The van der Waals surface area contributed by atoms with Gasteiger partial charge in [0.25, 0.3) is 0 Å². The summed E-state index contributed by atoms with van der Waals surface area (Å²) >= 11 is 0. The van der Waals surface area contributed by atoms with Crippen LogP contribution in [-0.4, -0.2) is 26.0 Å². The van der Waals surface area contributed by atoms with Crippen molar-refractivity contribution in [2.24, 2.45) is 5.92 Å². The van der Waals surface area contributed by atoms with Gasteiger partial charge in [0, 0.05) is 19.4 Å². The van der Waals surface area contributed by atoms with Crippen molar-refractivity contribution in [3.8, 4) is 12.3 Å². The lowest BCUT2D eigenvalue weighted by molar-refractivity contribution is -0.121. The van der Waals surface area contributed by atoms with Crippen molar-refractivity contribution in [2.75, 3.05) is 20.1 Å². The van der Waals surface area contributed by atoms with Crippen LogP contribution >= 0.6 is 0 Å². The minimum atomic E-state index is 0.0425. The van der Waals surface area contributed by atoms with Gasteiger partial charge in [0.1, 0.15) is 0 Å². The highest BCUT2D eigenvalue weighted by Crippen LogP contribution is 1.91. The Morgan fingerprint density at radius 2 is 2.23 bits per heavy atom. The second-order valence-corrected chi connectivity index (χ2v) is 3.17. The Hall–Kier alpha value is -1.01. The summed E-state index contributed by atoms with van der Waals surface area (Å²) in [4.78, 5) is 11.1. The maximum absolute atomic E-state index is 11.1. The molecule has 0 aromatic rings. The Morgan fingerprint density at radius 1 is 1.54 bits per heavy atom. The van der Waals surface area contributed by atoms with Gasteiger partial charge in [0.05, 0.1) is 0 Å². The fourth-order valence-corrected chi connectivity index (χ4v) is 0.983. The maximum atomic E-state index is 11.1. The second-order valence-electron chi connectivity index (χ2n) is 3.17. The van der Waals surface area contributed by atoms with E-state index in [1.54, 1.807) is 0 Å². The number of carbonyl (C=O) groups excluding carboxylic acids is 1. The van der Waals surface area contributed by atoms with Crippen LogP contribution in [0, 0.1) is 18.3 Å². The first-order valence-electron chi connectivity index (χ1n) is 4.55. The fraction of sp³-hybridized carbons (Fsp3) is 0.700. The molecule has 0 aliphatic rings. The van der Waals surface area contributed by atoms with Crippen molar-refractivity contribution in [3.63, 3.8) is 0 Å². The zero-order valence-corrected chi connectivity index (χ0v) is 8.39. The molecule has 0 fully saturated rings. The van der Waals surface area contributed by atoms with Crippen LogP contribution in [0.4, 0.5) is 0 Å². The molecule has 0 rings (SSSR count). The summed E-state index contributed by atoms with van der Waals surface area (Å²) in [6.07, 6.45) is 5.99. The number of rotatable bonds is 6. The summed E-state index contributed by atoms with van der Waals surface area (Å²) in [5.74, 6) is 2.94. The third kappa shape index (κ3) is 7.35. The van der Waals surface area contributed by atoms with Crippen LogP contribution in [0.1, 0.15) is 19.8 Å². The molecular weight excluding hydrogens is 164 g/mol. The maximum Gasteiger partial charge on any atom is 0.220 e. The number of terminal acetylenes is 1. The molecule has 0 bridgehead atoms. The van der Waals surface area contributed by atoms with Gasteiger partial charge in [-0.1, -0.05) is 6.92 Å². The van der Waals surface area contributed by atoms with E-state index in [0.29, 0.717) is 25.3 Å². The number of amides is 1. The Bertz CT molecular complexity index is 184. The molecule has 1 unspecified atom stereocenters. The van der Waals surface area contributed by atoms with E-state index in [1.807, 2.05) is 7.05 Å². The van der Waals surface area contributed by atoms with Crippen molar-refractivity contribution in [3.05, 3.63) is 0 Å². The van der Waals surface area contributed by atoms with Gasteiger partial charge in [-0.25, -0.2) is 0 Å². The summed E-state index contributed by atoms with van der Waals surface area (Å²) in [6.45, 7) is 3.71. The minimum Gasteiger partial charge on any atom is -0.356 e. The normalized spacial score (nSPS) is 11.8. The van der Waals surface area contributed by atoms with Crippen molar-refractivity contribution < 1.29 is 4.79 Å². The number of nitrogens with one attached hydrogen (secondary N) is 2. The van der Waals surface area contributed by atoms with Gasteiger partial charge in [-0.3, -0.25) is 4.79 Å². The van der Waals surface area contributed by atoms with Gasteiger partial charge >= 0.3 is 0 Å². The van der Waals surface area contributed by atoms with Crippen LogP contribution in [-0.2, 0) is 4.79 Å². The number of carbonyl (C=O) groups is 1. The predicted molar refractivity (Wildman–Crippen MR) is 54.2 cm³/mol. The Morgan fingerprint density at radius 3 is 2.77 bits per heavy atom. The third-order valence-electron chi connectivity index (χ3n) is 1.70. The topological polar surface area (TPSA) is 41.1 Å². The molecule has 0 saturated heterocycles. The first-order chi connectivity index (χ1) is 6.20. The van der Waals surface area contributed by atoms with E-state index >= 15 is 0 Å². The fourth-order valence-electron chi connectivity index (χ4n) is 0.983. The molecule has 1 amide bonds. The lowest BCUT2D eigenvalue weighted by Crippen LogP contribution is -2.31. The molecule has 3 heteroatoms. The monoisotopic (exact) mass is 182 g/mol. The third-order valence-corrected chi connectivity index (χ3v) is 1.70. The van der Waals surface area contributed by atoms with Crippen LogP contribution in [0.5, 0.6) is 0 Å². The SMILES string of the molecule is C#CCCC(=O)NCC(C)CNC. The molecule has 0 radical (unpaired) electrons. The van der Waals surface area contributed by atoms with Crippen LogP contribution in [0.3, 0.4) is 0 Å². The quantitative estimate of drug-likeness (QED) is 0.583. The van der Waals surface area contributed by atoms with Crippen molar-refractivity contribution in [1.82, 2.24) is 10.6 Å². The Kier molecular flexibility index (Phi) is 7.04.